The van der Waals surface area contributed by atoms with Crippen LogP contribution in [0.4, 0.5) is 5.69 Å². The highest BCUT2D eigenvalue weighted by Gasteiger charge is 2.11. The van der Waals surface area contributed by atoms with Crippen LogP contribution in [0.2, 0.25) is 0 Å². The number of benzene rings is 2. The van der Waals surface area contributed by atoms with Crippen LogP contribution in [-0.4, -0.2) is 20.2 Å². The number of methoxy groups -OCH3 is 1. The van der Waals surface area contributed by atoms with Gasteiger partial charge in [-0.05, 0) is 48.2 Å². The third-order valence-electron chi connectivity index (χ3n) is 4.11. The quantitative estimate of drug-likeness (QED) is 0.762. The molecule has 3 rings (SSSR count). The van der Waals surface area contributed by atoms with Crippen molar-refractivity contribution >= 4 is 22.2 Å². The number of hydrogen-bond donors (Lipinski definition) is 0. The molecule has 0 amide bonds. The second-order valence-electron chi connectivity index (χ2n) is 5.42. The lowest BCUT2D eigenvalue weighted by Crippen LogP contribution is -2.29. The first kappa shape index (κ1) is 13.0. The zero-order chi connectivity index (χ0) is 13.9. The van der Waals surface area contributed by atoms with E-state index in [2.05, 4.69) is 47.9 Å². The summed E-state index contributed by atoms with van der Waals surface area (Å²) in [5, 5.41) is 2.52. The van der Waals surface area contributed by atoms with Crippen molar-refractivity contribution in [3.8, 4) is 0 Å². The van der Waals surface area contributed by atoms with E-state index in [-0.39, 0.29) is 0 Å². The first-order valence-corrected chi connectivity index (χ1v) is 7.30. The highest BCUT2D eigenvalue weighted by Crippen LogP contribution is 2.27. The van der Waals surface area contributed by atoms with E-state index in [9.17, 15) is 0 Å². The molecule has 1 saturated heterocycles. The van der Waals surface area contributed by atoms with Gasteiger partial charge in [-0.1, -0.05) is 24.8 Å². The van der Waals surface area contributed by atoms with Crippen LogP contribution in [0.25, 0.3) is 16.5 Å². The van der Waals surface area contributed by atoms with Gasteiger partial charge in [0.15, 0.2) is 0 Å². The van der Waals surface area contributed by atoms with E-state index in [0.29, 0.717) is 5.76 Å². The lowest BCUT2D eigenvalue weighted by molar-refractivity contribution is 0.371. The van der Waals surface area contributed by atoms with E-state index in [4.69, 9.17) is 4.74 Å². The molecule has 0 spiro atoms. The van der Waals surface area contributed by atoms with Crippen molar-refractivity contribution in [2.75, 3.05) is 25.1 Å². The monoisotopic (exact) mass is 267 g/mol. The van der Waals surface area contributed by atoms with Crippen LogP contribution >= 0.6 is 0 Å². The van der Waals surface area contributed by atoms with Gasteiger partial charge in [-0.3, -0.25) is 0 Å². The molecular formula is C18H21NO. The molecule has 2 heteroatoms. The van der Waals surface area contributed by atoms with E-state index in [1.54, 1.807) is 7.11 Å². The van der Waals surface area contributed by atoms with Crippen LogP contribution in [0, 0.1) is 0 Å². The minimum atomic E-state index is 0.715. The van der Waals surface area contributed by atoms with Crippen molar-refractivity contribution in [2.24, 2.45) is 0 Å². The molecule has 2 nitrogen and oxygen atoms in total. The highest BCUT2D eigenvalue weighted by atomic mass is 16.5. The molecular weight excluding hydrogens is 246 g/mol. The first-order chi connectivity index (χ1) is 9.78. The molecule has 1 aliphatic rings. The number of ether oxygens (including phenoxy) is 1. The summed E-state index contributed by atoms with van der Waals surface area (Å²) in [5.74, 6) is 0.715. The maximum Gasteiger partial charge on any atom is 0.118 e. The Kier molecular flexibility index (Phi) is 3.64. The van der Waals surface area contributed by atoms with Gasteiger partial charge in [-0.15, -0.1) is 0 Å². The normalized spacial score (nSPS) is 15.3. The molecule has 0 aliphatic carbocycles. The lowest BCUT2D eigenvalue weighted by atomic mass is 10.0. The van der Waals surface area contributed by atoms with Crippen LogP contribution in [0.3, 0.4) is 0 Å². The molecule has 0 unspecified atom stereocenters. The number of hydrogen-bond acceptors (Lipinski definition) is 2. The maximum absolute atomic E-state index is 5.20. The van der Waals surface area contributed by atoms with Crippen LogP contribution < -0.4 is 4.90 Å². The molecule has 1 aliphatic heterocycles. The summed E-state index contributed by atoms with van der Waals surface area (Å²) in [6.07, 6.45) is 3.99. The predicted molar refractivity (Wildman–Crippen MR) is 86.1 cm³/mol. The van der Waals surface area contributed by atoms with Crippen molar-refractivity contribution in [3.63, 3.8) is 0 Å². The molecule has 0 aromatic heterocycles. The first-order valence-electron chi connectivity index (χ1n) is 7.30. The second-order valence-corrected chi connectivity index (χ2v) is 5.42. The summed E-state index contributed by atoms with van der Waals surface area (Å²) >= 11 is 0. The van der Waals surface area contributed by atoms with Gasteiger partial charge in [0.25, 0.3) is 0 Å². The molecule has 0 N–H and O–H groups in total. The number of nitrogens with zero attached hydrogens (tertiary/aromatic N) is 1. The summed E-state index contributed by atoms with van der Waals surface area (Å²) in [5.41, 5.74) is 2.39. The van der Waals surface area contributed by atoms with Crippen LogP contribution in [0.1, 0.15) is 24.8 Å². The Morgan fingerprint density at radius 3 is 2.45 bits per heavy atom. The Morgan fingerprint density at radius 1 is 1.00 bits per heavy atom. The van der Waals surface area contributed by atoms with Crippen molar-refractivity contribution in [3.05, 3.63) is 48.5 Å². The molecule has 0 atom stereocenters. The third kappa shape index (κ3) is 2.51. The van der Waals surface area contributed by atoms with E-state index < -0.39 is 0 Å². The zero-order valence-corrected chi connectivity index (χ0v) is 12.1. The number of anilines is 1. The zero-order valence-electron chi connectivity index (χ0n) is 12.1. The van der Waals surface area contributed by atoms with Gasteiger partial charge in [0.2, 0.25) is 0 Å². The highest BCUT2D eigenvalue weighted by molar-refractivity contribution is 5.88. The average Bonchev–Trinajstić information content (AvgIpc) is 2.54. The van der Waals surface area contributed by atoms with Crippen LogP contribution in [0.15, 0.2) is 43.0 Å². The van der Waals surface area contributed by atoms with E-state index in [1.807, 2.05) is 0 Å². The number of piperidine rings is 1. The molecule has 104 valence electrons. The molecule has 0 bridgehead atoms. The topological polar surface area (TPSA) is 12.5 Å². The molecule has 1 heterocycles. The summed E-state index contributed by atoms with van der Waals surface area (Å²) in [6, 6.07) is 13.1. The third-order valence-corrected chi connectivity index (χ3v) is 4.11. The summed E-state index contributed by atoms with van der Waals surface area (Å²) < 4.78 is 5.20. The van der Waals surface area contributed by atoms with Crippen molar-refractivity contribution in [1.82, 2.24) is 0 Å². The fraction of sp³-hybridized carbons (Fsp3) is 0.333. The number of rotatable bonds is 3. The Labute approximate surface area is 120 Å². The van der Waals surface area contributed by atoms with Crippen molar-refractivity contribution in [1.29, 1.82) is 0 Å². The average molecular weight is 267 g/mol. The minimum Gasteiger partial charge on any atom is -0.497 e. The molecule has 1 fully saturated rings. The fourth-order valence-corrected chi connectivity index (χ4v) is 2.87. The molecule has 0 radical (unpaired) electrons. The van der Waals surface area contributed by atoms with Crippen LogP contribution in [-0.2, 0) is 4.74 Å². The Bertz CT molecular complexity index is 626. The largest absolute Gasteiger partial charge is 0.497 e. The van der Waals surface area contributed by atoms with Crippen molar-refractivity contribution < 1.29 is 4.74 Å². The van der Waals surface area contributed by atoms with Gasteiger partial charge < -0.3 is 9.64 Å². The Balaban J connectivity index is 1.93. The summed E-state index contributed by atoms with van der Waals surface area (Å²) in [4.78, 5) is 2.49. The van der Waals surface area contributed by atoms with Gasteiger partial charge in [0, 0.05) is 24.3 Å². The van der Waals surface area contributed by atoms with Gasteiger partial charge in [-0.25, -0.2) is 0 Å². The Morgan fingerprint density at radius 2 is 1.70 bits per heavy atom. The molecule has 0 saturated carbocycles. The van der Waals surface area contributed by atoms with E-state index in [1.165, 1.54) is 48.8 Å². The summed E-state index contributed by atoms with van der Waals surface area (Å²) in [6.45, 7) is 6.28. The lowest BCUT2D eigenvalue weighted by Gasteiger charge is -2.29. The van der Waals surface area contributed by atoms with E-state index >= 15 is 0 Å². The smallest absolute Gasteiger partial charge is 0.118 e. The SMILES string of the molecule is C=C(OC)c1ccc2cc(N3CCCCC3)ccc2c1. The van der Waals surface area contributed by atoms with Gasteiger partial charge >= 0.3 is 0 Å². The predicted octanol–water partition coefficient (Wildman–Crippen LogP) is 4.45. The Hall–Kier alpha value is -1.96. The van der Waals surface area contributed by atoms with Crippen molar-refractivity contribution in [2.45, 2.75) is 19.3 Å². The van der Waals surface area contributed by atoms with Crippen LogP contribution in [0.5, 0.6) is 0 Å². The minimum absolute atomic E-state index is 0.715. The second kappa shape index (κ2) is 5.58. The molecule has 2 aromatic carbocycles. The fourth-order valence-electron chi connectivity index (χ4n) is 2.87. The van der Waals surface area contributed by atoms with Gasteiger partial charge in [0.05, 0.1) is 7.11 Å². The molecule has 2 aromatic rings. The standard InChI is InChI=1S/C18H21NO/c1-14(20-2)15-6-7-17-13-18(9-8-16(17)12-15)19-10-4-3-5-11-19/h6-9,12-13H,1,3-5,10-11H2,2H3. The summed E-state index contributed by atoms with van der Waals surface area (Å²) in [7, 11) is 1.66. The van der Waals surface area contributed by atoms with Gasteiger partial charge in [-0.2, -0.15) is 0 Å². The number of fused-ring (bicyclic) bond motifs is 1. The van der Waals surface area contributed by atoms with E-state index in [0.717, 1.165) is 5.56 Å². The van der Waals surface area contributed by atoms with Gasteiger partial charge in [0.1, 0.15) is 5.76 Å². The maximum atomic E-state index is 5.20. The molecule has 20 heavy (non-hydrogen) atoms.